The topological polar surface area (TPSA) is 83.8 Å². The summed E-state index contributed by atoms with van der Waals surface area (Å²) in [4.78, 5) is 22.2. The van der Waals surface area contributed by atoms with Gasteiger partial charge in [-0.15, -0.1) is 0 Å². The zero-order valence-electron chi connectivity index (χ0n) is 8.71. The fourth-order valence-electron chi connectivity index (χ4n) is 1.03. The molecule has 0 aliphatic heterocycles. The fraction of sp³-hybridized carbons (Fsp3) is 0.200. The third-order valence-electron chi connectivity index (χ3n) is 1.94. The standard InChI is InChI=1S/C10H11BO5/c1-2-9(12)16-10(13)7-3-5-8(6-4-7)11(14)15/h3-6,14-15H,2H2,1H3. The molecule has 1 aromatic rings. The van der Waals surface area contributed by atoms with Gasteiger partial charge >= 0.3 is 19.1 Å². The van der Waals surface area contributed by atoms with Crippen molar-refractivity contribution in [3.63, 3.8) is 0 Å². The summed E-state index contributed by atoms with van der Waals surface area (Å²) < 4.78 is 4.48. The number of ether oxygens (including phenoxy) is 1. The number of carbonyl (C=O) groups is 2. The van der Waals surface area contributed by atoms with Crippen molar-refractivity contribution in [1.82, 2.24) is 0 Å². The van der Waals surface area contributed by atoms with Crippen LogP contribution in [0.1, 0.15) is 23.7 Å². The van der Waals surface area contributed by atoms with Crippen LogP contribution in [0.25, 0.3) is 0 Å². The maximum Gasteiger partial charge on any atom is 0.488 e. The summed E-state index contributed by atoms with van der Waals surface area (Å²) in [5.74, 6) is -1.35. The van der Waals surface area contributed by atoms with Crippen LogP contribution in [-0.4, -0.2) is 29.1 Å². The summed E-state index contributed by atoms with van der Waals surface area (Å²) >= 11 is 0. The molecular weight excluding hydrogens is 211 g/mol. The molecule has 1 aromatic carbocycles. The molecule has 0 spiro atoms. The van der Waals surface area contributed by atoms with E-state index in [1.807, 2.05) is 0 Å². The van der Waals surface area contributed by atoms with Crippen molar-refractivity contribution in [2.24, 2.45) is 0 Å². The molecule has 0 bridgehead atoms. The Labute approximate surface area is 92.8 Å². The zero-order valence-corrected chi connectivity index (χ0v) is 8.71. The van der Waals surface area contributed by atoms with Crippen molar-refractivity contribution in [3.8, 4) is 0 Å². The molecule has 0 atom stereocenters. The third-order valence-corrected chi connectivity index (χ3v) is 1.94. The predicted octanol–water partition coefficient (Wildman–Crippen LogP) is -0.540. The Balaban J connectivity index is 2.74. The summed E-state index contributed by atoms with van der Waals surface area (Å²) in [7, 11) is -1.58. The molecule has 0 amide bonds. The molecule has 0 saturated carbocycles. The lowest BCUT2D eigenvalue weighted by Crippen LogP contribution is -2.29. The van der Waals surface area contributed by atoms with Crippen molar-refractivity contribution in [2.45, 2.75) is 13.3 Å². The molecule has 5 nitrogen and oxygen atoms in total. The van der Waals surface area contributed by atoms with Crippen molar-refractivity contribution >= 4 is 24.5 Å². The minimum absolute atomic E-state index is 0.124. The van der Waals surface area contributed by atoms with Crippen LogP contribution in [0.3, 0.4) is 0 Å². The fourth-order valence-corrected chi connectivity index (χ4v) is 1.03. The second kappa shape index (κ2) is 5.43. The first kappa shape index (κ1) is 12.4. The highest BCUT2D eigenvalue weighted by atomic mass is 16.6. The lowest BCUT2D eigenvalue weighted by Gasteiger charge is -2.02. The highest BCUT2D eigenvalue weighted by Gasteiger charge is 2.14. The molecule has 0 saturated heterocycles. The lowest BCUT2D eigenvalue weighted by molar-refractivity contribution is -0.137. The van der Waals surface area contributed by atoms with Crippen molar-refractivity contribution in [3.05, 3.63) is 29.8 Å². The van der Waals surface area contributed by atoms with Gasteiger partial charge in [0, 0.05) is 6.42 Å². The van der Waals surface area contributed by atoms with Crippen molar-refractivity contribution in [2.75, 3.05) is 0 Å². The Morgan fingerprint density at radius 2 is 1.81 bits per heavy atom. The molecule has 0 radical (unpaired) electrons. The molecule has 0 aliphatic carbocycles. The smallest absolute Gasteiger partial charge is 0.423 e. The molecule has 16 heavy (non-hydrogen) atoms. The van der Waals surface area contributed by atoms with Gasteiger partial charge in [-0.05, 0) is 17.6 Å². The maximum atomic E-state index is 11.3. The number of hydrogen-bond donors (Lipinski definition) is 2. The Morgan fingerprint density at radius 1 is 1.25 bits per heavy atom. The Kier molecular flexibility index (Phi) is 4.22. The molecule has 0 aromatic heterocycles. The second-order valence-electron chi connectivity index (χ2n) is 3.11. The Hall–Kier alpha value is -1.66. The van der Waals surface area contributed by atoms with Crippen LogP contribution in [0.15, 0.2) is 24.3 Å². The van der Waals surface area contributed by atoms with E-state index in [-0.39, 0.29) is 17.4 Å². The van der Waals surface area contributed by atoms with Crippen LogP contribution < -0.4 is 5.46 Å². The zero-order chi connectivity index (χ0) is 12.1. The van der Waals surface area contributed by atoms with Gasteiger partial charge in [0.25, 0.3) is 0 Å². The number of benzene rings is 1. The average Bonchev–Trinajstić information content (AvgIpc) is 2.28. The summed E-state index contributed by atoms with van der Waals surface area (Å²) in [6.07, 6.45) is 0.124. The van der Waals surface area contributed by atoms with Crippen molar-refractivity contribution < 1.29 is 24.4 Å². The summed E-state index contributed by atoms with van der Waals surface area (Å²) in [6, 6.07) is 5.47. The first-order valence-electron chi connectivity index (χ1n) is 4.75. The lowest BCUT2D eigenvalue weighted by atomic mass is 9.80. The minimum Gasteiger partial charge on any atom is -0.423 e. The van der Waals surface area contributed by atoms with Gasteiger partial charge in [-0.2, -0.15) is 0 Å². The molecule has 2 N–H and O–H groups in total. The molecule has 0 aliphatic rings. The van der Waals surface area contributed by atoms with E-state index in [0.29, 0.717) is 0 Å². The van der Waals surface area contributed by atoms with Gasteiger partial charge in [-0.25, -0.2) is 4.79 Å². The highest BCUT2D eigenvalue weighted by molar-refractivity contribution is 6.58. The Bertz CT molecular complexity index is 385. The quantitative estimate of drug-likeness (QED) is 0.407. The number of hydrogen-bond acceptors (Lipinski definition) is 5. The molecular formula is C10H11BO5. The SMILES string of the molecule is CCC(=O)OC(=O)c1ccc(B(O)O)cc1. The van der Waals surface area contributed by atoms with E-state index in [4.69, 9.17) is 10.0 Å². The van der Waals surface area contributed by atoms with E-state index in [0.717, 1.165) is 0 Å². The molecule has 84 valence electrons. The average molecular weight is 222 g/mol. The van der Waals surface area contributed by atoms with E-state index >= 15 is 0 Å². The van der Waals surface area contributed by atoms with Gasteiger partial charge in [0.05, 0.1) is 5.56 Å². The molecule has 6 heteroatoms. The molecule has 1 rings (SSSR count). The monoisotopic (exact) mass is 222 g/mol. The van der Waals surface area contributed by atoms with Gasteiger partial charge in [-0.1, -0.05) is 19.1 Å². The number of esters is 2. The van der Waals surface area contributed by atoms with E-state index in [1.54, 1.807) is 6.92 Å². The summed E-state index contributed by atoms with van der Waals surface area (Å²) in [5.41, 5.74) is 0.449. The summed E-state index contributed by atoms with van der Waals surface area (Å²) in [5, 5.41) is 17.6. The first-order chi connectivity index (χ1) is 7.54. The van der Waals surface area contributed by atoms with Crippen molar-refractivity contribution in [1.29, 1.82) is 0 Å². The predicted molar refractivity (Wildman–Crippen MR) is 57.0 cm³/mol. The highest BCUT2D eigenvalue weighted by Crippen LogP contribution is 2.01. The molecule has 0 unspecified atom stereocenters. The second-order valence-corrected chi connectivity index (χ2v) is 3.11. The number of carbonyl (C=O) groups excluding carboxylic acids is 2. The van der Waals surface area contributed by atoms with Gasteiger partial charge < -0.3 is 14.8 Å². The summed E-state index contributed by atoms with van der Waals surface area (Å²) in [6.45, 7) is 1.58. The normalized spacial score (nSPS) is 9.69. The van der Waals surface area contributed by atoms with Crippen LogP contribution in [0, 0.1) is 0 Å². The van der Waals surface area contributed by atoms with E-state index in [1.165, 1.54) is 24.3 Å². The van der Waals surface area contributed by atoms with Crippen LogP contribution in [0.2, 0.25) is 0 Å². The third kappa shape index (κ3) is 3.18. The van der Waals surface area contributed by atoms with Crippen LogP contribution >= 0.6 is 0 Å². The first-order valence-corrected chi connectivity index (χ1v) is 4.75. The van der Waals surface area contributed by atoms with Crippen LogP contribution in [0.5, 0.6) is 0 Å². The number of rotatable bonds is 3. The minimum atomic E-state index is -1.58. The molecule has 0 heterocycles. The maximum absolute atomic E-state index is 11.3. The van der Waals surface area contributed by atoms with Gasteiger partial charge in [0.15, 0.2) is 0 Å². The largest absolute Gasteiger partial charge is 0.488 e. The van der Waals surface area contributed by atoms with E-state index in [9.17, 15) is 9.59 Å². The van der Waals surface area contributed by atoms with Gasteiger partial charge in [-0.3, -0.25) is 4.79 Å². The van der Waals surface area contributed by atoms with E-state index < -0.39 is 19.1 Å². The van der Waals surface area contributed by atoms with Gasteiger partial charge in [0.1, 0.15) is 0 Å². The van der Waals surface area contributed by atoms with E-state index in [2.05, 4.69) is 4.74 Å². The van der Waals surface area contributed by atoms with Crippen LogP contribution in [0.4, 0.5) is 0 Å². The molecule has 0 fully saturated rings. The van der Waals surface area contributed by atoms with Crippen LogP contribution in [-0.2, 0) is 9.53 Å². The Morgan fingerprint density at radius 3 is 2.25 bits per heavy atom. The van der Waals surface area contributed by atoms with Gasteiger partial charge in [0.2, 0.25) is 0 Å².